The Labute approximate surface area is 315 Å². The van der Waals surface area contributed by atoms with Gasteiger partial charge in [0.1, 0.15) is 0 Å². The molecule has 0 bridgehead atoms. The minimum absolute atomic E-state index is 0.0399. The number of hydrogen-bond donors (Lipinski definition) is 1. The first-order valence-corrected chi connectivity index (χ1v) is 22.0. The van der Waals surface area contributed by atoms with E-state index < -0.39 is 31.6 Å². The average molecular weight is 751 g/mol. The third-order valence-corrected chi connectivity index (χ3v) is 14.4. The molecular formula is C41H47FN6O5Si. The second-order valence-electron chi connectivity index (χ2n) is 15.7. The lowest BCUT2D eigenvalue weighted by Crippen LogP contribution is -2.45. The van der Waals surface area contributed by atoms with Crippen molar-refractivity contribution in [2.24, 2.45) is 5.92 Å². The first kappa shape index (κ1) is 36.3. The van der Waals surface area contributed by atoms with Gasteiger partial charge in [0.25, 0.3) is 5.91 Å². The molecule has 3 fully saturated rings. The van der Waals surface area contributed by atoms with Gasteiger partial charge in [-0.3, -0.25) is 19.1 Å². The number of hydrogen-bond acceptors (Lipinski definition) is 7. The first-order valence-electron chi connectivity index (χ1n) is 19.1. The van der Waals surface area contributed by atoms with Crippen molar-refractivity contribution >= 4 is 43.2 Å². The Morgan fingerprint density at radius 1 is 0.944 bits per heavy atom. The van der Waals surface area contributed by atoms with Gasteiger partial charge >= 0.3 is 0 Å². The fraction of sp³-hybridized carbons (Fsp3) is 0.439. The molecule has 3 saturated heterocycles. The van der Waals surface area contributed by atoms with Gasteiger partial charge in [-0.25, -0.2) is 0 Å². The summed E-state index contributed by atoms with van der Waals surface area (Å²) < 4.78 is 25.3. The molecule has 1 spiro atoms. The van der Waals surface area contributed by atoms with Gasteiger partial charge in [0.2, 0.25) is 20.2 Å². The highest BCUT2D eigenvalue weighted by atomic mass is 28.4. The van der Waals surface area contributed by atoms with E-state index >= 15 is 8.90 Å². The number of benzene rings is 3. The van der Waals surface area contributed by atoms with E-state index in [1.807, 2.05) is 85.9 Å². The monoisotopic (exact) mass is 750 g/mol. The Bertz CT molecular complexity index is 2050. The van der Waals surface area contributed by atoms with Crippen LogP contribution in [-0.4, -0.2) is 72.0 Å². The number of rotatable bonds is 11. The maximum Gasteiger partial charge on any atom is 0.264 e. The number of aromatic nitrogens is 3. The number of carbonyl (C=O) groups excluding carboxylic acids is 3. The first-order chi connectivity index (χ1) is 26.0. The third-order valence-electron chi connectivity index (χ3n) is 11.9. The van der Waals surface area contributed by atoms with E-state index in [0.717, 1.165) is 29.7 Å². The molecule has 0 radical (unpaired) electrons. The average Bonchev–Trinajstić information content (AvgIpc) is 3.99. The van der Waals surface area contributed by atoms with Crippen LogP contribution in [0.4, 0.5) is 21.2 Å². The fourth-order valence-electron chi connectivity index (χ4n) is 9.33. The predicted molar refractivity (Wildman–Crippen MR) is 205 cm³/mol. The molecule has 282 valence electrons. The zero-order chi connectivity index (χ0) is 37.8. The predicted octanol–water partition coefficient (Wildman–Crippen LogP) is 6.07. The molecule has 4 aromatic rings. The molecule has 1 unspecified atom stereocenters. The van der Waals surface area contributed by atoms with Crippen LogP contribution in [-0.2, 0) is 37.8 Å². The molecule has 11 nitrogen and oxygen atoms in total. The lowest BCUT2D eigenvalue weighted by Gasteiger charge is -2.31. The van der Waals surface area contributed by atoms with Crippen LogP contribution in [0.5, 0.6) is 0 Å². The van der Waals surface area contributed by atoms with Crippen LogP contribution in [0.15, 0.2) is 79.0 Å². The van der Waals surface area contributed by atoms with Crippen LogP contribution < -0.4 is 14.7 Å². The summed E-state index contributed by atoms with van der Waals surface area (Å²) in [4.78, 5) is 45.6. The van der Waals surface area contributed by atoms with Gasteiger partial charge < -0.3 is 28.7 Å². The summed E-state index contributed by atoms with van der Waals surface area (Å²) in [5.74, 6) is -0.914. The molecule has 0 aliphatic carbocycles. The van der Waals surface area contributed by atoms with Crippen LogP contribution in [0.2, 0.25) is 18.6 Å². The highest BCUT2D eigenvalue weighted by Gasteiger charge is 2.66. The van der Waals surface area contributed by atoms with Crippen molar-refractivity contribution in [2.45, 2.75) is 88.4 Å². The van der Waals surface area contributed by atoms with E-state index in [4.69, 9.17) is 4.74 Å². The van der Waals surface area contributed by atoms with Crippen LogP contribution in [0, 0.1) is 5.92 Å². The molecule has 1 N–H and O–H groups in total. The van der Waals surface area contributed by atoms with Crippen molar-refractivity contribution in [3.05, 3.63) is 101 Å². The summed E-state index contributed by atoms with van der Waals surface area (Å²) in [5.41, 5.74) is 3.40. The molecule has 1 aromatic heterocycles. The summed E-state index contributed by atoms with van der Waals surface area (Å²) >= 11 is 0. The van der Waals surface area contributed by atoms with E-state index in [1.54, 1.807) is 32.5 Å². The van der Waals surface area contributed by atoms with Gasteiger partial charge in [0, 0.05) is 67.1 Å². The van der Waals surface area contributed by atoms with Crippen molar-refractivity contribution < 1.29 is 28.3 Å². The number of aryl methyl sites for hydroxylation is 1. The smallest absolute Gasteiger partial charge is 0.264 e. The van der Waals surface area contributed by atoms with Gasteiger partial charge in [-0.05, 0) is 73.8 Å². The maximum absolute atomic E-state index is 16.6. The molecule has 8 rings (SSSR count). The lowest BCUT2D eigenvalue weighted by atomic mass is 9.82. The lowest BCUT2D eigenvalue weighted by molar-refractivity contribution is -0.146. The minimum atomic E-state index is -3.44. The molecule has 4 aliphatic rings. The number of aliphatic hydroxyl groups is 1. The number of carbonyl (C=O) groups is 3. The van der Waals surface area contributed by atoms with Gasteiger partial charge in [0.05, 0.1) is 36.6 Å². The Morgan fingerprint density at radius 2 is 1.61 bits per heavy atom. The van der Waals surface area contributed by atoms with Crippen LogP contribution in [0.1, 0.15) is 67.3 Å². The summed E-state index contributed by atoms with van der Waals surface area (Å²) in [6.45, 7) is 7.14. The second kappa shape index (κ2) is 14.2. The van der Waals surface area contributed by atoms with Gasteiger partial charge in [-0.2, -0.15) is 0 Å². The molecule has 4 aliphatic heterocycles. The number of aliphatic hydroxyl groups excluding tert-OH is 1. The van der Waals surface area contributed by atoms with Crippen LogP contribution >= 0.6 is 0 Å². The number of fused-ring (bicyclic) bond motifs is 2. The van der Waals surface area contributed by atoms with Gasteiger partial charge in [-0.15, -0.1) is 5.10 Å². The molecule has 54 heavy (non-hydrogen) atoms. The normalized spacial score (nSPS) is 24.7. The highest BCUT2D eigenvalue weighted by Crippen LogP contribution is 2.61. The van der Waals surface area contributed by atoms with E-state index in [1.165, 1.54) is 0 Å². The summed E-state index contributed by atoms with van der Waals surface area (Å²) in [6.07, 6.45) is 4.25. The van der Waals surface area contributed by atoms with E-state index in [-0.39, 0.29) is 36.8 Å². The fourth-order valence-corrected chi connectivity index (χ4v) is 11.9. The second-order valence-corrected chi connectivity index (χ2v) is 19.5. The standard InChI is InChI=1S/C41H47FN6O5Si/c1-27-39(54(2,3)42)36(19-22-45-25-34(43-44-45)32(26-49)29-9-5-4-6-10-29)53-41(27)33-23-31(47-21-8-12-38(47)51)17-18-35(33)48(40(41)52)24-28-13-15-30(16-14-28)46-20-7-11-37(46)50/h4-6,9-10,13-18,23,25,27,32,36,39,49H,7-8,11-12,19-22,24,26H2,1-3H3/t27-,32?,36+,39-,41+/m1/s1. The maximum atomic E-state index is 16.6. The highest BCUT2D eigenvalue weighted by molar-refractivity contribution is 6.72. The van der Waals surface area contributed by atoms with E-state index in [0.29, 0.717) is 61.5 Å². The molecule has 3 aromatic carbocycles. The van der Waals surface area contributed by atoms with Crippen molar-refractivity contribution in [3.8, 4) is 0 Å². The number of nitrogens with zero attached hydrogens (tertiary/aromatic N) is 6. The Hall–Kier alpha value is -4.72. The minimum Gasteiger partial charge on any atom is -0.395 e. The Morgan fingerprint density at radius 3 is 2.24 bits per heavy atom. The molecule has 5 atom stereocenters. The van der Waals surface area contributed by atoms with Crippen molar-refractivity contribution in [3.63, 3.8) is 0 Å². The summed E-state index contributed by atoms with van der Waals surface area (Å²) in [5, 5.41) is 18.9. The number of halogens is 1. The zero-order valence-corrected chi connectivity index (χ0v) is 32.0. The van der Waals surface area contributed by atoms with Gasteiger partial charge in [0.15, 0.2) is 5.60 Å². The summed E-state index contributed by atoms with van der Waals surface area (Å²) in [7, 11) is -3.44. The molecule has 0 saturated carbocycles. The number of anilines is 3. The SMILES string of the molecule is C[C@@H]1[C@@H]([Si](C)(C)F)[C@H](CCn2cc(C(CO)c3ccccc3)nn2)O[C@@]12C(=O)N(Cc1ccc(N3CCCC3=O)cc1)c1ccc(N3CCCC3=O)cc12. The van der Waals surface area contributed by atoms with Crippen LogP contribution in [0.25, 0.3) is 0 Å². The number of ether oxygens (including phenoxy) is 1. The van der Waals surface area contributed by atoms with Gasteiger partial charge in [-0.1, -0.05) is 54.6 Å². The Kier molecular flexibility index (Phi) is 9.51. The molecular weight excluding hydrogens is 704 g/mol. The zero-order valence-electron chi connectivity index (χ0n) is 31.0. The molecule has 5 heterocycles. The van der Waals surface area contributed by atoms with Crippen LogP contribution in [0.3, 0.4) is 0 Å². The topological polar surface area (TPSA) is 121 Å². The Balaban J connectivity index is 1.11. The summed E-state index contributed by atoms with van der Waals surface area (Å²) in [6, 6.07) is 23.1. The molecule has 3 amide bonds. The van der Waals surface area contributed by atoms with Crippen molar-refractivity contribution in [2.75, 3.05) is 34.4 Å². The van der Waals surface area contributed by atoms with E-state index in [2.05, 4.69) is 10.3 Å². The quantitative estimate of drug-likeness (QED) is 0.146. The number of amides is 3. The largest absolute Gasteiger partial charge is 0.395 e. The van der Waals surface area contributed by atoms with Crippen molar-refractivity contribution in [1.82, 2.24) is 15.0 Å². The van der Waals surface area contributed by atoms with Crippen molar-refractivity contribution in [1.29, 1.82) is 0 Å². The molecule has 13 heteroatoms. The van der Waals surface area contributed by atoms with E-state index in [9.17, 15) is 14.7 Å². The third kappa shape index (κ3) is 6.25.